The van der Waals surface area contributed by atoms with Gasteiger partial charge < -0.3 is 10.3 Å². The van der Waals surface area contributed by atoms with Crippen LogP contribution in [0.5, 0.6) is 0 Å². The SMILES string of the molecule is O=C(CSCc1ccc(F)cc1)NCCCc1ncc[nH]1. The lowest BCUT2D eigenvalue weighted by Crippen LogP contribution is -2.26. The van der Waals surface area contributed by atoms with Crippen molar-refractivity contribution in [2.75, 3.05) is 12.3 Å². The summed E-state index contributed by atoms with van der Waals surface area (Å²) in [4.78, 5) is 18.8. The number of carbonyl (C=O) groups excluding carboxylic acids is 1. The maximum atomic E-state index is 12.7. The predicted molar refractivity (Wildman–Crippen MR) is 82.5 cm³/mol. The van der Waals surface area contributed by atoms with E-state index in [2.05, 4.69) is 15.3 Å². The van der Waals surface area contributed by atoms with Crippen molar-refractivity contribution in [3.8, 4) is 0 Å². The third-order valence-electron chi connectivity index (χ3n) is 2.88. The molecule has 2 rings (SSSR count). The maximum Gasteiger partial charge on any atom is 0.230 e. The van der Waals surface area contributed by atoms with Gasteiger partial charge in [-0.3, -0.25) is 4.79 Å². The van der Waals surface area contributed by atoms with E-state index in [1.165, 1.54) is 23.9 Å². The molecule has 112 valence electrons. The summed E-state index contributed by atoms with van der Waals surface area (Å²) in [7, 11) is 0. The minimum atomic E-state index is -0.238. The lowest BCUT2D eigenvalue weighted by molar-refractivity contribution is -0.118. The van der Waals surface area contributed by atoms with Gasteiger partial charge in [-0.05, 0) is 24.1 Å². The summed E-state index contributed by atoms with van der Waals surface area (Å²) in [5.74, 6) is 1.85. The third kappa shape index (κ3) is 5.99. The molecule has 0 fully saturated rings. The van der Waals surface area contributed by atoms with Crippen LogP contribution in [0.1, 0.15) is 17.8 Å². The minimum absolute atomic E-state index is 0.0292. The molecule has 4 nitrogen and oxygen atoms in total. The number of halogens is 1. The lowest BCUT2D eigenvalue weighted by atomic mass is 10.2. The molecule has 0 aliphatic rings. The summed E-state index contributed by atoms with van der Waals surface area (Å²) in [6.07, 6.45) is 5.21. The first-order chi connectivity index (χ1) is 10.2. The summed E-state index contributed by atoms with van der Waals surface area (Å²) in [6.45, 7) is 0.649. The van der Waals surface area contributed by atoms with Crippen molar-refractivity contribution in [3.63, 3.8) is 0 Å². The third-order valence-corrected chi connectivity index (χ3v) is 3.89. The van der Waals surface area contributed by atoms with Gasteiger partial charge in [0.25, 0.3) is 0 Å². The van der Waals surface area contributed by atoms with Crippen LogP contribution in [-0.2, 0) is 17.0 Å². The largest absolute Gasteiger partial charge is 0.355 e. The Balaban J connectivity index is 1.54. The molecule has 0 bridgehead atoms. The monoisotopic (exact) mass is 307 g/mol. The van der Waals surface area contributed by atoms with Gasteiger partial charge in [0.05, 0.1) is 5.75 Å². The first kappa shape index (κ1) is 15.6. The molecule has 0 atom stereocenters. The lowest BCUT2D eigenvalue weighted by Gasteiger charge is -2.05. The van der Waals surface area contributed by atoms with Gasteiger partial charge in [0.1, 0.15) is 11.6 Å². The van der Waals surface area contributed by atoms with Gasteiger partial charge in [-0.2, -0.15) is 0 Å². The van der Waals surface area contributed by atoms with E-state index in [1.54, 1.807) is 24.5 Å². The van der Waals surface area contributed by atoms with Crippen LogP contribution in [0.25, 0.3) is 0 Å². The minimum Gasteiger partial charge on any atom is -0.355 e. The molecular formula is C15H18FN3OS. The zero-order valence-electron chi connectivity index (χ0n) is 11.6. The fraction of sp³-hybridized carbons (Fsp3) is 0.333. The zero-order chi connectivity index (χ0) is 14.9. The van der Waals surface area contributed by atoms with Crippen LogP contribution in [0.3, 0.4) is 0 Å². The second-order valence-electron chi connectivity index (χ2n) is 4.61. The Hall–Kier alpha value is -1.82. The number of hydrogen-bond acceptors (Lipinski definition) is 3. The number of amides is 1. The van der Waals surface area contributed by atoms with Gasteiger partial charge >= 0.3 is 0 Å². The number of aryl methyl sites for hydroxylation is 1. The smallest absolute Gasteiger partial charge is 0.230 e. The molecule has 1 aromatic heterocycles. The molecule has 0 aliphatic carbocycles. The fourth-order valence-electron chi connectivity index (χ4n) is 1.81. The van der Waals surface area contributed by atoms with Crippen molar-refractivity contribution in [1.29, 1.82) is 0 Å². The maximum absolute atomic E-state index is 12.7. The molecule has 0 saturated carbocycles. The first-order valence-electron chi connectivity index (χ1n) is 6.81. The summed E-state index contributed by atoms with van der Waals surface area (Å²) >= 11 is 1.52. The Kier molecular flexibility index (Phi) is 6.27. The van der Waals surface area contributed by atoms with Gasteiger partial charge in [0.2, 0.25) is 5.91 Å². The molecule has 0 saturated heterocycles. The van der Waals surface area contributed by atoms with E-state index < -0.39 is 0 Å². The number of aromatic nitrogens is 2. The van der Waals surface area contributed by atoms with Crippen LogP contribution in [0, 0.1) is 5.82 Å². The van der Waals surface area contributed by atoms with Crippen LogP contribution < -0.4 is 5.32 Å². The Labute approximate surface area is 127 Å². The molecule has 0 spiro atoms. The van der Waals surface area contributed by atoms with E-state index in [1.807, 2.05) is 0 Å². The highest BCUT2D eigenvalue weighted by Crippen LogP contribution is 2.12. The Morgan fingerprint density at radius 2 is 2.14 bits per heavy atom. The number of hydrogen-bond donors (Lipinski definition) is 2. The molecule has 1 aromatic carbocycles. The number of rotatable bonds is 8. The number of nitrogens with one attached hydrogen (secondary N) is 2. The molecule has 6 heteroatoms. The Morgan fingerprint density at radius 1 is 1.33 bits per heavy atom. The van der Waals surface area contributed by atoms with Crippen molar-refractivity contribution in [2.24, 2.45) is 0 Å². The van der Waals surface area contributed by atoms with Crippen molar-refractivity contribution in [1.82, 2.24) is 15.3 Å². The molecule has 2 N–H and O–H groups in total. The normalized spacial score (nSPS) is 10.5. The Bertz CT molecular complexity index is 543. The van der Waals surface area contributed by atoms with Crippen LogP contribution >= 0.6 is 11.8 Å². The molecule has 21 heavy (non-hydrogen) atoms. The van der Waals surface area contributed by atoms with Gasteiger partial charge in [-0.1, -0.05) is 12.1 Å². The van der Waals surface area contributed by atoms with E-state index in [0.717, 1.165) is 24.2 Å². The van der Waals surface area contributed by atoms with Gasteiger partial charge in [-0.15, -0.1) is 11.8 Å². The molecule has 1 amide bonds. The molecule has 0 aliphatic heterocycles. The first-order valence-corrected chi connectivity index (χ1v) is 7.96. The summed E-state index contributed by atoms with van der Waals surface area (Å²) in [5, 5.41) is 2.88. The van der Waals surface area contributed by atoms with Crippen LogP contribution in [0.2, 0.25) is 0 Å². The highest BCUT2D eigenvalue weighted by Gasteiger charge is 2.02. The van der Waals surface area contributed by atoms with Gasteiger partial charge in [-0.25, -0.2) is 9.37 Å². The average Bonchev–Trinajstić information content (AvgIpc) is 2.99. The van der Waals surface area contributed by atoms with E-state index in [4.69, 9.17) is 0 Å². The summed E-state index contributed by atoms with van der Waals surface area (Å²) in [6, 6.07) is 6.35. The standard InChI is InChI=1S/C15H18FN3OS/c16-13-5-3-12(4-6-13)10-21-11-15(20)19-7-1-2-14-17-8-9-18-14/h3-6,8-9H,1-2,7,10-11H2,(H,17,18)(H,19,20). The van der Waals surface area contributed by atoms with Crippen LogP contribution in [0.4, 0.5) is 4.39 Å². The van der Waals surface area contributed by atoms with Crippen LogP contribution in [0.15, 0.2) is 36.7 Å². The number of thioether (sulfide) groups is 1. The summed E-state index contributed by atoms with van der Waals surface area (Å²) < 4.78 is 12.7. The quantitative estimate of drug-likeness (QED) is 0.737. The number of nitrogens with zero attached hydrogens (tertiary/aromatic N) is 1. The highest BCUT2D eigenvalue weighted by molar-refractivity contribution is 7.99. The van der Waals surface area contributed by atoms with E-state index in [0.29, 0.717) is 18.1 Å². The number of H-pyrrole nitrogens is 1. The van der Waals surface area contributed by atoms with Crippen molar-refractivity contribution in [3.05, 3.63) is 53.9 Å². The van der Waals surface area contributed by atoms with Crippen molar-refractivity contribution < 1.29 is 9.18 Å². The van der Waals surface area contributed by atoms with Gasteiger partial charge in [0, 0.05) is 31.1 Å². The number of imidazole rings is 1. The zero-order valence-corrected chi connectivity index (χ0v) is 12.5. The molecule has 0 unspecified atom stereocenters. The van der Waals surface area contributed by atoms with Crippen molar-refractivity contribution >= 4 is 17.7 Å². The second-order valence-corrected chi connectivity index (χ2v) is 5.59. The van der Waals surface area contributed by atoms with E-state index in [-0.39, 0.29) is 11.7 Å². The number of aromatic amines is 1. The van der Waals surface area contributed by atoms with Gasteiger partial charge in [0.15, 0.2) is 0 Å². The molecule has 2 aromatic rings. The van der Waals surface area contributed by atoms with E-state index in [9.17, 15) is 9.18 Å². The topological polar surface area (TPSA) is 57.8 Å². The fourth-order valence-corrected chi connectivity index (χ4v) is 2.63. The second kappa shape index (κ2) is 8.46. The number of benzene rings is 1. The average molecular weight is 307 g/mol. The molecular weight excluding hydrogens is 289 g/mol. The predicted octanol–water partition coefficient (Wildman–Crippen LogP) is 2.53. The molecule has 1 heterocycles. The molecule has 0 radical (unpaired) electrons. The highest BCUT2D eigenvalue weighted by atomic mass is 32.2. The summed E-state index contributed by atoms with van der Waals surface area (Å²) in [5.41, 5.74) is 1.02. The Morgan fingerprint density at radius 3 is 2.86 bits per heavy atom. The van der Waals surface area contributed by atoms with E-state index >= 15 is 0 Å². The van der Waals surface area contributed by atoms with Crippen LogP contribution in [-0.4, -0.2) is 28.2 Å². The number of carbonyl (C=O) groups is 1. The van der Waals surface area contributed by atoms with Crippen molar-refractivity contribution in [2.45, 2.75) is 18.6 Å².